The Morgan fingerprint density at radius 1 is 1.33 bits per heavy atom. The zero-order chi connectivity index (χ0) is 13.1. The molecule has 0 heterocycles. The average molecular weight is 319 g/mol. The molecule has 2 nitrogen and oxygen atoms in total. The van der Waals surface area contributed by atoms with E-state index < -0.39 is 11.6 Å². The molecule has 0 radical (unpaired) electrons. The van der Waals surface area contributed by atoms with Crippen LogP contribution in [0.4, 0.5) is 8.78 Å². The summed E-state index contributed by atoms with van der Waals surface area (Å²) in [5.74, 6) is -1.58. The van der Waals surface area contributed by atoms with E-state index in [0.717, 1.165) is 37.8 Å². The molecule has 1 fully saturated rings. The summed E-state index contributed by atoms with van der Waals surface area (Å²) in [6.07, 6.45) is 3.89. The highest BCUT2D eigenvalue weighted by Crippen LogP contribution is 2.30. The maximum absolute atomic E-state index is 13.4. The van der Waals surface area contributed by atoms with Gasteiger partial charge in [0.25, 0.3) is 0 Å². The highest BCUT2D eigenvalue weighted by Gasteiger charge is 2.23. The predicted octanol–water partition coefficient (Wildman–Crippen LogP) is 3.87. The van der Waals surface area contributed by atoms with Gasteiger partial charge in [-0.3, -0.25) is 4.79 Å². The van der Waals surface area contributed by atoms with Crippen molar-refractivity contribution in [1.29, 1.82) is 0 Å². The van der Waals surface area contributed by atoms with Crippen molar-refractivity contribution >= 4 is 21.7 Å². The SMILES string of the molecule is O=C(COc1c(F)cc(F)cc1Br)C1CCCC1. The van der Waals surface area contributed by atoms with Crippen molar-refractivity contribution in [2.24, 2.45) is 5.92 Å². The van der Waals surface area contributed by atoms with E-state index in [-0.39, 0.29) is 28.5 Å². The number of halogens is 3. The van der Waals surface area contributed by atoms with E-state index in [2.05, 4.69) is 15.9 Å². The normalized spacial score (nSPS) is 15.9. The highest BCUT2D eigenvalue weighted by molar-refractivity contribution is 9.10. The quantitative estimate of drug-likeness (QED) is 0.842. The molecule has 1 aliphatic rings. The minimum Gasteiger partial charge on any atom is -0.482 e. The van der Waals surface area contributed by atoms with Gasteiger partial charge in [-0.05, 0) is 34.8 Å². The number of rotatable bonds is 4. The molecule has 0 spiro atoms. The summed E-state index contributed by atoms with van der Waals surface area (Å²) in [7, 11) is 0. The van der Waals surface area contributed by atoms with Gasteiger partial charge in [-0.25, -0.2) is 8.78 Å². The van der Waals surface area contributed by atoms with Crippen molar-refractivity contribution in [3.8, 4) is 5.75 Å². The Bertz CT molecular complexity index is 433. The first-order valence-corrected chi connectivity index (χ1v) is 6.67. The van der Waals surface area contributed by atoms with Crippen LogP contribution in [-0.2, 0) is 4.79 Å². The molecule has 0 saturated heterocycles. The fraction of sp³-hybridized carbons (Fsp3) is 0.462. The van der Waals surface area contributed by atoms with Crippen molar-refractivity contribution in [3.05, 3.63) is 28.2 Å². The molecule has 1 aliphatic carbocycles. The molecule has 1 aromatic carbocycles. The molecule has 1 aromatic rings. The summed E-state index contributed by atoms with van der Waals surface area (Å²) < 4.78 is 31.6. The van der Waals surface area contributed by atoms with Crippen LogP contribution < -0.4 is 4.74 Å². The van der Waals surface area contributed by atoms with Gasteiger partial charge >= 0.3 is 0 Å². The first-order valence-electron chi connectivity index (χ1n) is 5.88. The Morgan fingerprint density at radius 3 is 2.61 bits per heavy atom. The number of Topliss-reactive ketones (excluding diaryl/α,β-unsaturated/α-hetero) is 1. The summed E-state index contributed by atoms with van der Waals surface area (Å²) in [6.45, 7) is -0.161. The van der Waals surface area contributed by atoms with Crippen molar-refractivity contribution in [2.45, 2.75) is 25.7 Å². The lowest BCUT2D eigenvalue weighted by Gasteiger charge is -2.11. The molecule has 0 atom stereocenters. The Balaban J connectivity index is 1.99. The molecule has 98 valence electrons. The molecule has 0 aromatic heterocycles. The van der Waals surface area contributed by atoms with Crippen LogP contribution in [0.25, 0.3) is 0 Å². The third kappa shape index (κ3) is 3.07. The van der Waals surface area contributed by atoms with Gasteiger partial charge in [0, 0.05) is 12.0 Å². The number of hydrogen-bond acceptors (Lipinski definition) is 2. The van der Waals surface area contributed by atoms with Crippen molar-refractivity contribution < 1.29 is 18.3 Å². The minimum absolute atomic E-state index is 0.0110. The zero-order valence-electron chi connectivity index (χ0n) is 9.72. The molecule has 2 rings (SSSR count). The highest BCUT2D eigenvalue weighted by atomic mass is 79.9. The predicted molar refractivity (Wildman–Crippen MR) is 66.5 cm³/mol. The zero-order valence-corrected chi connectivity index (χ0v) is 11.3. The number of hydrogen-bond donors (Lipinski definition) is 0. The standard InChI is InChI=1S/C13H13BrF2O2/c14-10-5-9(15)6-11(16)13(10)18-7-12(17)8-3-1-2-4-8/h5-6,8H,1-4,7H2. The monoisotopic (exact) mass is 318 g/mol. The molecule has 5 heteroatoms. The van der Waals surface area contributed by atoms with Gasteiger partial charge in [0.1, 0.15) is 12.4 Å². The third-order valence-corrected chi connectivity index (χ3v) is 3.72. The first kappa shape index (κ1) is 13.5. The number of benzene rings is 1. The summed E-state index contributed by atoms with van der Waals surface area (Å²) in [5, 5.41) is 0. The fourth-order valence-corrected chi connectivity index (χ4v) is 2.70. The fourth-order valence-electron chi connectivity index (χ4n) is 2.18. The van der Waals surface area contributed by atoms with Crippen molar-refractivity contribution in [2.75, 3.05) is 6.61 Å². The Hall–Kier alpha value is -0.970. The molecular weight excluding hydrogens is 306 g/mol. The Labute approximate surface area is 112 Å². The van der Waals surface area contributed by atoms with Gasteiger partial charge in [-0.1, -0.05) is 12.8 Å². The summed E-state index contributed by atoms with van der Waals surface area (Å²) in [4.78, 5) is 11.8. The number of ether oxygens (including phenoxy) is 1. The Morgan fingerprint density at radius 2 is 2.00 bits per heavy atom. The van der Waals surface area contributed by atoms with Crippen LogP contribution in [0.2, 0.25) is 0 Å². The Kier molecular flexibility index (Phi) is 4.32. The maximum atomic E-state index is 13.4. The van der Waals surface area contributed by atoms with Crippen LogP contribution in [0.3, 0.4) is 0 Å². The summed E-state index contributed by atoms with van der Waals surface area (Å²) in [6, 6.07) is 1.85. The minimum atomic E-state index is -0.805. The van der Waals surface area contributed by atoms with Crippen molar-refractivity contribution in [3.63, 3.8) is 0 Å². The first-order chi connectivity index (χ1) is 8.58. The second-order valence-electron chi connectivity index (χ2n) is 4.43. The average Bonchev–Trinajstić information content (AvgIpc) is 2.80. The van der Waals surface area contributed by atoms with Gasteiger partial charge in [-0.15, -0.1) is 0 Å². The lowest BCUT2D eigenvalue weighted by Crippen LogP contribution is -2.19. The summed E-state index contributed by atoms with van der Waals surface area (Å²) in [5.41, 5.74) is 0. The van der Waals surface area contributed by atoms with E-state index in [1.807, 2.05) is 0 Å². The molecular formula is C13H13BrF2O2. The van der Waals surface area contributed by atoms with Crippen LogP contribution >= 0.6 is 15.9 Å². The van der Waals surface area contributed by atoms with Gasteiger partial charge < -0.3 is 4.74 Å². The molecule has 0 N–H and O–H groups in total. The van der Waals surface area contributed by atoms with Crippen molar-refractivity contribution in [1.82, 2.24) is 0 Å². The van der Waals surface area contributed by atoms with E-state index >= 15 is 0 Å². The van der Waals surface area contributed by atoms with E-state index in [9.17, 15) is 13.6 Å². The largest absolute Gasteiger partial charge is 0.482 e. The number of ketones is 1. The molecule has 0 unspecified atom stereocenters. The van der Waals surface area contributed by atoms with E-state index in [4.69, 9.17) is 4.74 Å². The maximum Gasteiger partial charge on any atom is 0.173 e. The van der Waals surface area contributed by atoms with E-state index in [0.29, 0.717) is 0 Å². The van der Waals surface area contributed by atoms with E-state index in [1.165, 1.54) is 0 Å². The van der Waals surface area contributed by atoms with Crippen LogP contribution in [0.15, 0.2) is 16.6 Å². The van der Waals surface area contributed by atoms with Gasteiger partial charge in [0.15, 0.2) is 17.3 Å². The lowest BCUT2D eigenvalue weighted by molar-refractivity contribution is -0.124. The lowest BCUT2D eigenvalue weighted by atomic mass is 10.0. The summed E-state index contributed by atoms with van der Waals surface area (Å²) >= 11 is 3.02. The number of carbonyl (C=O) groups excluding carboxylic acids is 1. The smallest absolute Gasteiger partial charge is 0.173 e. The molecule has 1 saturated carbocycles. The van der Waals surface area contributed by atoms with Crippen LogP contribution in [-0.4, -0.2) is 12.4 Å². The molecule has 0 aliphatic heterocycles. The molecule has 18 heavy (non-hydrogen) atoms. The van der Waals surface area contributed by atoms with Crippen LogP contribution in [0.1, 0.15) is 25.7 Å². The van der Waals surface area contributed by atoms with Crippen LogP contribution in [0, 0.1) is 17.6 Å². The molecule has 0 amide bonds. The van der Waals surface area contributed by atoms with Gasteiger partial charge in [0.05, 0.1) is 4.47 Å². The van der Waals surface area contributed by atoms with E-state index in [1.54, 1.807) is 0 Å². The molecule has 0 bridgehead atoms. The second kappa shape index (κ2) is 5.78. The van der Waals surface area contributed by atoms with Gasteiger partial charge in [-0.2, -0.15) is 0 Å². The third-order valence-electron chi connectivity index (χ3n) is 3.13. The number of carbonyl (C=O) groups is 1. The topological polar surface area (TPSA) is 26.3 Å². The van der Waals surface area contributed by atoms with Gasteiger partial charge in [0.2, 0.25) is 0 Å². The second-order valence-corrected chi connectivity index (χ2v) is 5.29. The van der Waals surface area contributed by atoms with Crippen LogP contribution in [0.5, 0.6) is 5.75 Å².